The molecule has 0 aliphatic rings. The summed E-state index contributed by atoms with van der Waals surface area (Å²) >= 11 is 0. The summed E-state index contributed by atoms with van der Waals surface area (Å²) in [5.74, 6) is 1.17. The fraction of sp³-hybridized carbons (Fsp3) is 0.214. The highest BCUT2D eigenvalue weighted by atomic mass is 28.3. The Labute approximate surface area is 185 Å². The number of hydrogen-bond acceptors (Lipinski definition) is 2. The predicted octanol–water partition coefficient (Wildman–Crippen LogP) is 7.27. The van der Waals surface area contributed by atoms with Crippen LogP contribution in [0.3, 0.4) is 0 Å². The predicted molar refractivity (Wildman–Crippen MR) is 137 cm³/mol. The number of aromatic nitrogens is 2. The number of nitrogens with zero attached hydrogens (tertiary/aromatic N) is 2. The molecule has 0 aliphatic carbocycles. The molecular weight excluding hydrogens is 392 g/mol. The Morgan fingerprint density at radius 1 is 0.677 bits per heavy atom. The zero-order valence-corrected chi connectivity index (χ0v) is 19.9. The summed E-state index contributed by atoms with van der Waals surface area (Å²) in [7, 11) is -1.56. The molecule has 31 heavy (non-hydrogen) atoms. The molecule has 0 saturated heterocycles. The maximum absolute atomic E-state index is 5.15. The van der Waals surface area contributed by atoms with Gasteiger partial charge in [0.2, 0.25) is 0 Å². The summed E-state index contributed by atoms with van der Waals surface area (Å²) in [6.07, 6.45) is 0. The normalized spacial score (nSPS) is 12.3. The molecule has 0 unspecified atom stereocenters. The fourth-order valence-corrected chi connectivity index (χ4v) is 6.11. The van der Waals surface area contributed by atoms with Gasteiger partial charge in [-0.05, 0) is 22.2 Å². The standard InChI is InChI=1S/C28H28N2Si/c1-18(2)28-29-26(22-14-8-11-19-10-6-7-13-21(19)22)23-17-16-20-12-9-15-24(31(3,4)5)25(20)27(23)30-28/h6-18H,1-5H3. The SMILES string of the molecule is CC(C)c1nc(-c2cccc3ccccc23)c2ccc3cccc([Si](C)(C)C)c3c2n1. The molecule has 1 heterocycles. The number of fused-ring (bicyclic) bond motifs is 4. The molecule has 0 amide bonds. The molecule has 2 nitrogen and oxygen atoms in total. The van der Waals surface area contributed by atoms with Crippen molar-refractivity contribution in [2.45, 2.75) is 39.4 Å². The molecule has 154 valence electrons. The summed E-state index contributed by atoms with van der Waals surface area (Å²) in [6.45, 7) is 11.6. The minimum absolute atomic E-state index is 0.257. The third-order valence-electron chi connectivity index (χ3n) is 6.10. The van der Waals surface area contributed by atoms with E-state index in [9.17, 15) is 0 Å². The van der Waals surface area contributed by atoms with Crippen LogP contribution in [0.4, 0.5) is 0 Å². The van der Waals surface area contributed by atoms with Gasteiger partial charge in [0.1, 0.15) is 5.82 Å². The van der Waals surface area contributed by atoms with E-state index >= 15 is 0 Å². The van der Waals surface area contributed by atoms with Crippen LogP contribution < -0.4 is 5.19 Å². The average molecular weight is 421 g/mol. The quantitative estimate of drug-likeness (QED) is 0.226. The largest absolute Gasteiger partial charge is 0.232 e. The molecular formula is C28H28N2Si. The molecule has 1 aromatic heterocycles. The van der Waals surface area contributed by atoms with Crippen LogP contribution in [0.15, 0.2) is 72.8 Å². The van der Waals surface area contributed by atoms with E-state index in [0.717, 1.165) is 22.4 Å². The zero-order valence-electron chi connectivity index (χ0n) is 18.9. The van der Waals surface area contributed by atoms with Crippen LogP contribution in [0.1, 0.15) is 25.6 Å². The van der Waals surface area contributed by atoms with Gasteiger partial charge in [0.25, 0.3) is 0 Å². The third-order valence-corrected chi connectivity index (χ3v) is 8.13. The molecule has 0 spiro atoms. The van der Waals surface area contributed by atoms with Crippen molar-refractivity contribution in [2.24, 2.45) is 0 Å². The lowest BCUT2D eigenvalue weighted by Gasteiger charge is -2.21. The molecule has 3 heteroatoms. The lowest BCUT2D eigenvalue weighted by Crippen LogP contribution is -2.38. The Kier molecular flexibility index (Phi) is 4.67. The maximum Gasteiger partial charge on any atom is 0.132 e. The minimum atomic E-state index is -1.56. The van der Waals surface area contributed by atoms with Gasteiger partial charge >= 0.3 is 0 Å². The van der Waals surface area contributed by atoms with Crippen molar-refractivity contribution in [2.75, 3.05) is 0 Å². The molecule has 0 bridgehead atoms. The van der Waals surface area contributed by atoms with Crippen LogP contribution in [0.2, 0.25) is 19.6 Å². The van der Waals surface area contributed by atoms with Gasteiger partial charge in [-0.25, -0.2) is 9.97 Å². The van der Waals surface area contributed by atoms with E-state index in [1.165, 1.54) is 32.3 Å². The fourth-order valence-electron chi connectivity index (χ4n) is 4.50. The molecule has 0 aliphatic heterocycles. The second kappa shape index (κ2) is 7.28. The van der Waals surface area contributed by atoms with E-state index in [1.807, 2.05) is 0 Å². The lowest BCUT2D eigenvalue weighted by molar-refractivity contribution is 0.785. The van der Waals surface area contributed by atoms with E-state index < -0.39 is 8.07 Å². The summed E-state index contributed by atoms with van der Waals surface area (Å²) in [4.78, 5) is 10.3. The third kappa shape index (κ3) is 3.33. The Hall–Kier alpha value is -3.04. The summed E-state index contributed by atoms with van der Waals surface area (Å²) in [5.41, 5.74) is 3.31. The van der Waals surface area contributed by atoms with E-state index in [-0.39, 0.29) is 5.92 Å². The smallest absolute Gasteiger partial charge is 0.132 e. The molecule has 0 fully saturated rings. The molecule has 0 radical (unpaired) electrons. The van der Waals surface area contributed by atoms with Crippen molar-refractivity contribution in [3.63, 3.8) is 0 Å². The van der Waals surface area contributed by atoms with Crippen LogP contribution in [0, 0.1) is 0 Å². The van der Waals surface area contributed by atoms with Crippen molar-refractivity contribution in [3.05, 3.63) is 78.6 Å². The van der Waals surface area contributed by atoms with Crippen molar-refractivity contribution in [3.8, 4) is 11.3 Å². The summed E-state index contributed by atoms with van der Waals surface area (Å²) in [6, 6.07) is 26.2. The van der Waals surface area contributed by atoms with Crippen molar-refractivity contribution in [1.29, 1.82) is 0 Å². The highest BCUT2D eigenvalue weighted by molar-refractivity contribution is 6.90. The molecule has 5 rings (SSSR count). The first kappa shape index (κ1) is 19.9. The van der Waals surface area contributed by atoms with Crippen molar-refractivity contribution >= 4 is 45.7 Å². The van der Waals surface area contributed by atoms with Crippen LogP contribution in [-0.4, -0.2) is 18.0 Å². The highest BCUT2D eigenvalue weighted by Gasteiger charge is 2.23. The second-order valence-corrected chi connectivity index (χ2v) is 14.8. The van der Waals surface area contributed by atoms with Crippen molar-refractivity contribution < 1.29 is 0 Å². The molecule has 5 aromatic rings. The maximum atomic E-state index is 5.15. The minimum Gasteiger partial charge on any atom is -0.232 e. The van der Waals surface area contributed by atoms with E-state index in [1.54, 1.807) is 0 Å². The highest BCUT2D eigenvalue weighted by Crippen LogP contribution is 2.35. The first-order valence-corrected chi connectivity index (χ1v) is 14.6. The van der Waals surface area contributed by atoms with Crippen LogP contribution in [0.25, 0.3) is 43.7 Å². The molecule has 0 atom stereocenters. The zero-order chi connectivity index (χ0) is 21.8. The van der Waals surface area contributed by atoms with Gasteiger partial charge in [-0.3, -0.25) is 0 Å². The van der Waals surface area contributed by atoms with Gasteiger partial charge in [0.15, 0.2) is 0 Å². The number of benzene rings is 4. The van der Waals surface area contributed by atoms with Gasteiger partial charge < -0.3 is 0 Å². The first-order valence-electron chi connectivity index (χ1n) is 11.1. The summed E-state index contributed by atoms with van der Waals surface area (Å²) in [5, 5.41) is 7.65. The van der Waals surface area contributed by atoms with Crippen LogP contribution in [0.5, 0.6) is 0 Å². The van der Waals surface area contributed by atoms with E-state index in [4.69, 9.17) is 9.97 Å². The Bertz CT molecular complexity index is 1440. The Balaban J connectivity index is 1.98. The molecule has 0 saturated carbocycles. The van der Waals surface area contributed by atoms with Gasteiger partial charge in [-0.2, -0.15) is 0 Å². The Morgan fingerprint density at radius 3 is 2.16 bits per heavy atom. The van der Waals surface area contributed by atoms with Gasteiger partial charge in [0, 0.05) is 22.3 Å². The monoisotopic (exact) mass is 420 g/mol. The lowest BCUT2D eigenvalue weighted by atomic mass is 9.97. The number of rotatable bonds is 3. The Morgan fingerprint density at radius 2 is 1.39 bits per heavy atom. The van der Waals surface area contributed by atoms with Crippen molar-refractivity contribution in [1.82, 2.24) is 9.97 Å². The van der Waals surface area contributed by atoms with Gasteiger partial charge in [-0.15, -0.1) is 0 Å². The van der Waals surface area contributed by atoms with E-state index in [2.05, 4.69) is 106 Å². The molecule has 0 N–H and O–H groups in total. The van der Waals surface area contributed by atoms with Gasteiger partial charge in [-0.1, -0.05) is 105 Å². The van der Waals surface area contributed by atoms with Crippen LogP contribution in [-0.2, 0) is 0 Å². The van der Waals surface area contributed by atoms with E-state index in [0.29, 0.717) is 0 Å². The topological polar surface area (TPSA) is 25.8 Å². The summed E-state index contributed by atoms with van der Waals surface area (Å²) < 4.78 is 0. The average Bonchev–Trinajstić information content (AvgIpc) is 2.76. The second-order valence-electron chi connectivity index (χ2n) is 9.73. The van der Waals surface area contributed by atoms with Gasteiger partial charge in [0.05, 0.1) is 19.3 Å². The van der Waals surface area contributed by atoms with Crippen LogP contribution >= 0.6 is 0 Å². The first-order chi connectivity index (χ1) is 14.8. The molecule has 4 aromatic carbocycles. The number of hydrogen-bond donors (Lipinski definition) is 0.